The maximum atomic E-state index is 11.8. The Morgan fingerprint density at radius 1 is 1.43 bits per heavy atom. The van der Waals surface area contributed by atoms with Gasteiger partial charge in [0.15, 0.2) is 0 Å². The highest BCUT2D eigenvalue weighted by molar-refractivity contribution is 7.99. The van der Waals surface area contributed by atoms with Crippen molar-refractivity contribution in [3.8, 4) is 0 Å². The van der Waals surface area contributed by atoms with Gasteiger partial charge in [-0.05, 0) is 12.1 Å². The molecule has 1 heterocycles. The summed E-state index contributed by atoms with van der Waals surface area (Å²) in [4.78, 5) is 23.1. The maximum Gasteiger partial charge on any atom is 0.291 e. The van der Waals surface area contributed by atoms with E-state index >= 15 is 0 Å². The fraction of sp³-hybridized carbons (Fsp3) is 0.0909. The highest BCUT2D eigenvalue weighted by Crippen LogP contribution is 2.29. The molecule has 110 valence electrons. The van der Waals surface area contributed by atoms with Crippen LogP contribution in [0.2, 0.25) is 10.0 Å². The third-order valence-corrected chi connectivity index (χ3v) is 4.07. The number of aromatic nitrogens is 3. The summed E-state index contributed by atoms with van der Waals surface area (Å²) in [6.07, 6.45) is 0.982. The quantitative estimate of drug-likeness (QED) is 0.641. The summed E-state index contributed by atoms with van der Waals surface area (Å²) < 4.78 is 0.817. The first kappa shape index (κ1) is 15.6. The van der Waals surface area contributed by atoms with Gasteiger partial charge in [0.05, 0.1) is 21.5 Å². The predicted octanol–water partition coefficient (Wildman–Crippen LogP) is 1.39. The second-order valence-corrected chi connectivity index (χ2v) is 5.50. The van der Waals surface area contributed by atoms with Gasteiger partial charge in [-0.3, -0.25) is 9.59 Å². The zero-order chi connectivity index (χ0) is 15.4. The van der Waals surface area contributed by atoms with Crippen LogP contribution in [0.25, 0.3) is 0 Å². The molecule has 1 aromatic carbocycles. The van der Waals surface area contributed by atoms with E-state index in [0.29, 0.717) is 10.7 Å². The normalized spacial score (nSPS) is 10.4. The number of nitrogens with zero attached hydrogens (tertiary/aromatic N) is 3. The molecule has 0 atom stereocenters. The Hall–Kier alpha value is -1.77. The number of hydrogen-bond acceptors (Lipinski definition) is 6. The van der Waals surface area contributed by atoms with Gasteiger partial charge in [0.1, 0.15) is 6.20 Å². The Morgan fingerprint density at radius 3 is 2.95 bits per heavy atom. The van der Waals surface area contributed by atoms with Crippen LogP contribution < -0.4 is 16.7 Å². The van der Waals surface area contributed by atoms with Crippen molar-refractivity contribution in [2.45, 2.75) is 5.16 Å². The van der Waals surface area contributed by atoms with Gasteiger partial charge in [-0.15, -0.1) is 5.10 Å². The number of rotatable bonds is 4. The van der Waals surface area contributed by atoms with E-state index in [1.165, 1.54) is 0 Å². The predicted molar refractivity (Wildman–Crippen MR) is 82.3 cm³/mol. The Morgan fingerprint density at radius 2 is 2.19 bits per heavy atom. The molecule has 2 aromatic rings. The smallest absolute Gasteiger partial charge is 0.291 e. The number of carbonyl (C=O) groups excluding carboxylic acids is 1. The zero-order valence-corrected chi connectivity index (χ0v) is 12.7. The average Bonchev–Trinajstić information content (AvgIpc) is 2.45. The molecule has 0 spiro atoms. The number of anilines is 1. The Kier molecular flexibility index (Phi) is 5.05. The van der Waals surface area contributed by atoms with Crippen molar-refractivity contribution in [2.75, 3.05) is 16.9 Å². The third-order valence-electron chi connectivity index (χ3n) is 2.31. The van der Waals surface area contributed by atoms with Crippen LogP contribution in [0, 0.1) is 0 Å². The van der Waals surface area contributed by atoms with Crippen LogP contribution in [0.4, 0.5) is 5.69 Å². The molecule has 0 bridgehead atoms. The second-order valence-electron chi connectivity index (χ2n) is 3.77. The number of thioether (sulfide) groups is 1. The number of carbonyl (C=O) groups is 1. The molecule has 3 N–H and O–H groups in total. The largest absolute Gasteiger partial charge is 0.334 e. The van der Waals surface area contributed by atoms with Crippen LogP contribution in [0.5, 0.6) is 0 Å². The molecule has 0 saturated carbocycles. The third kappa shape index (κ3) is 3.87. The summed E-state index contributed by atoms with van der Waals surface area (Å²) in [7, 11) is 0. The van der Waals surface area contributed by atoms with Crippen LogP contribution in [0.1, 0.15) is 0 Å². The Labute approximate surface area is 133 Å². The molecular weight excluding hydrogens is 337 g/mol. The van der Waals surface area contributed by atoms with Crippen LogP contribution in [-0.4, -0.2) is 26.5 Å². The summed E-state index contributed by atoms with van der Waals surface area (Å²) in [6.45, 7) is 0. The molecule has 7 nitrogen and oxygen atoms in total. The molecule has 0 radical (unpaired) electrons. The maximum absolute atomic E-state index is 11.8. The molecule has 1 aromatic heterocycles. The molecular formula is C11H9Cl2N5O2S. The fourth-order valence-electron chi connectivity index (χ4n) is 1.35. The first-order chi connectivity index (χ1) is 9.99. The van der Waals surface area contributed by atoms with Crippen LogP contribution in [0.3, 0.4) is 0 Å². The first-order valence-electron chi connectivity index (χ1n) is 5.55. The van der Waals surface area contributed by atoms with E-state index in [1.807, 2.05) is 0 Å². The van der Waals surface area contributed by atoms with Crippen molar-refractivity contribution in [2.24, 2.45) is 0 Å². The van der Waals surface area contributed by atoms with Crippen molar-refractivity contribution >= 4 is 46.6 Å². The number of amides is 1. The van der Waals surface area contributed by atoms with Crippen molar-refractivity contribution in [1.82, 2.24) is 14.9 Å². The first-order valence-corrected chi connectivity index (χ1v) is 7.29. The zero-order valence-electron chi connectivity index (χ0n) is 10.4. The highest BCUT2D eigenvalue weighted by Gasteiger charge is 2.11. The minimum atomic E-state index is -0.509. The van der Waals surface area contributed by atoms with E-state index in [1.54, 1.807) is 18.2 Å². The minimum absolute atomic E-state index is 0.0157. The van der Waals surface area contributed by atoms with Gasteiger partial charge in [0, 0.05) is 0 Å². The average molecular weight is 346 g/mol. The van der Waals surface area contributed by atoms with E-state index in [9.17, 15) is 9.59 Å². The van der Waals surface area contributed by atoms with E-state index < -0.39 is 5.56 Å². The Balaban J connectivity index is 2.01. The Bertz CT molecular complexity index is 737. The molecule has 0 aliphatic heterocycles. The summed E-state index contributed by atoms with van der Waals surface area (Å²) in [6, 6.07) is 4.90. The number of hydrogen-bond donors (Lipinski definition) is 2. The van der Waals surface area contributed by atoms with Crippen molar-refractivity contribution < 1.29 is 4.79 Å². The van der Waals surface area contributed by atoms with Crippen LogP contribution in [0.15, 0.2) is 34.3 Å². The molecule has 1 amide bonds. The fourth-order valence-corrected chi connectivity index (χ4v) is 2.36. The number of halogens is 2. The topological polar surface area (TPSA) is 103 Å². The molecule has 0 aliphatic carbocycles. The summed E-state index contributed by atoms with van der Waals surface area (Å²) in [5.74, 6) is 5.12. The number of benzene rings is 1. The lowest BCUT2D eigenvalue weighted by Gasteiger charge is -2.08. The van der Waals surface area contributed by atoms with Gasteiger partial charge >= 0.3 is 0 Å². The molecule has 10 heteroatoms. The van der Waals surface area contributed by atoms with Gasteiger partial charge in [-0.25, -0.2) is 0 Å². The number of nitrogens with two attached hydrogens (primary N) is 1. The standard InChI is InChI=1S/C11H9Cl2N5O2S/c12-6-2-1-3-7(10(6)13)16-8(19)5-21-11-17-15-4-9(20)18(11)14/h1-4H,5,14H2,(H,16,19). The van der Waals surface area contributed by atoms with Gasteiger partial charge in [-0.1, -0.05) is 41.0 Å². The van der Waals surface area contributed by atoms with Crippen molar-refractivity contribution in [1.29, 1.82) is 0 Å². The van der Waals surface area contributed by atoms with Gasteiger partial charge in [0.2, 0.25) is 11.1 Å². The van der Waals surface area contributed by atoms with Crippen molar-refractivity contribution in [3.05, 3.63) is 44.8 Å². The van der Waals surface area contributed by atoms with Crippen LogP contribution >= 0.6 is 35.0 Å². The monoisotopic (exact) mass is 345 g/mol. The highest BCUT2D eigenvalue weighted by atomic mass is 35.5. The molecule has 0 saturated heterocycles. The summed E-state index contributed by atoms with van der Waals surface area (Å²) in [5.41, 5.74) is -0.107. The van der Waals surface area contributed by atoms with E-state index in [0.717, 1.165) is 22.6 Å². The minimum Gasteiger partial charge on any atom is -0.334 e. The van der Waals surface area contributed by atoms with Gasteiger partial charge in [0.25, 0.3) is 5.56 Å². The van der Waals surface area contributed by atoms with Crippen molar-refractivity contribution in [3.63, 3.8) is 0 Å². The molecule has 21 heavy (non-hydrogen) atoms. The molecule has 0 fully saturated rings. The summed E-state index contributed by atoms with van der Waals surface area (Å²) in [5, 5.41) is 10.5. The second kappa shape index (κ2) is 6.79. The number of nitrogens with one attached hydrogen (secondary N) is 1. The molecule has 2 rings (SSSR count). The lowest BCUT2D eigenvalue weighted by molar-refractivity contribution is -0.113. The molecule has 0 unspecified atom stereocenters. The van der Waals surface area contributed by atoms with E-state index in [4.69, 9.17) is 29.0 Å². The van der Waals surface area contributed by atoms with Gasteiger partial charge in [-0.2, -0.15) is 9.77 Å². The molecule has 0 aliphatic rings. The summed E-state index contributed by atoms with van der Waals surface area (Å²) >= 11 is 12.8. The van der Waals surface area contributed by atoms with E-state index in [-0.39, 0.29) is 21.8 Å². The lowest BCUT2D eigenvalue weighted by Crippen LogP contribution is -2.30. The van der Waals surface area contributed by atoms with Crippen LogP contribution in [-0.2, 0) is 4.79 Å². The van der Waals surface area contributed by atoms with E-state index in [2.05, 4.69) is 15.5 Å². The lowest BCUT2D eigenvalue weighted by atomic mass is 10.3. The van der Waals surface area contributed by atoms with Gasteiger partial charge < -0.3 is 11.2 Å². The SMILES string of the molecule is Nn1c(SCC(=O)Nc2cccc(Cl)c2Cl)nncc1=O. The number of nitrogen functional groups attached to an aromatic ring is 1.